The lowest BCUT2D eigenvalue weighted by Gasteiger charge is -2.40. The number of morpholine rings is 1. The number of carbonyl (C=O) groups is 2. The number of hydrogen-bond donors (Lipinski definition) is 1. The van der Waals surface area contributed by atoms with Gasteiger partial charge in [0.15, 0.2) is 0 Å². The van der Waals surface area contributed by atoms with Crippen LogP contribution in [0.1, 0.15) is 27.2 Å². The van der Waals surface area contributed by atoms with E-state index in [-0.39, 0.29) is 30.5 Å². The van der Waals surface area contributed by atoms with Crippen molar-refractivity contribution in [2.45, 2.75) is 44.9 Å². The second-order valence-corrected chi connectivity index (χ2v) is 5.74. The Kier molecular flexibility index (Phi) is 3.47. The van der Waals surface area contributed by atoms with Gasteiger partial charge in [0.1, 0.15) is 5.60 Å². The molecule has 6 heteroatoms. The molecule has 18 heavy (non-hydrogen) atoms. The number of amides is 2. The summed E-state index contributed by atoms with van der Waals surface area (Å²) in [5, 5.41) is 2.80. The molecule has 2 fully saturated rings. The van der Waals surface area contributed by atoms with Crippen molar-refractivity contribution in [2.24, 2.45) is 0 Å². The summed E-state index contributed by atoms with van der Waals surface area (Å²) in [6, 6.07) is -0.355. The molecule has 2 bridgehead atoms. The van der Waals surface area contributed by atoms with Gasteiger partial charge in [-0.3, -0.25) is 9.69 Å². The third-order valence-electron chi connectivity index (χ3n) is 2.97. The summed E-state index contributed by atoms with van der Waals surface area (Å²) in [4.78, 5) is 25.4. The Morgan fingerprint density at radius 3 is 2.72 bits per heavy atom. The molecule has 2 aliphatic rings. The van der Waals surface area contributed by atoms with Gasteiger partial charge in [0.2, 0.25) is 5.91 Å². The van der Waals surface area contributed by atoms with Gasteiger partial charge < -0.3 is 14.8 Å². The standard InChI is InChI=1S/C12H20N2O4/c1-12(2,3)18-11(16)14-8-4-10(15)13-5-9(14)7-17-6-8/h8-9H,4-7H2,1-3H3,(H,13,15)/t8-,9-/m0/s1. The van der Waals surface area contributed by atoms with E-state index in [4.69, 9.17) is 9.47 Å². The summed E-state index contributed by atoms with van der Waals surface area (Å²) < 4.78 is 10.8. The third-order valence-corrected chi connectivity index (χ3v) is 2.97. The minimum absolute atomic E-state index is 0.0402. The van der Waals surface area contributed by atoms with Crippen LogP contribution in [-0.2, 0) is 14.3 Å². The van der Waals surface area contributed by atoms with Crippen LogP contribution in [0.15, 0.2) is 0 Å². The van der Waals surface area contributed by atoms with E-state index in [1.165, 1.54) is 0 Å². The Labute approximate surface area is 107 Å². The summed E-state index contributed by atoms with van der Waals surface area (Å²) in [5.74, 6) is -0.0402. The zero-order valence-electron chi connectivity index (χ0n) is 11.1. The van der Waals surface area contributed by atoms with Crippen LogP contribution in [0.2, 0.25) is 0 Å². The van der Waals surface area contributed by atoms with Gasteiger partial charge in [-0.1, -0.05) is 0 Å². The molecule has 2 aliphatic heterocycles. The van der Waals surface area contributed by atoms with Crippen LogP contribution in [0.25, 0.3) is 0 Å². The molecule has 0 radical (unpaired) electrons. The van der Waals surface area contributed by atoms with E-state index in [0.29, 0.717) is 19.8 Å². The molecular weight excluding hydrogens is 236 g/mol. The first-order chi connectivity index (χ1) is 8.37. The van der Waals surface area contributed by atoms with Crippen LogP contribution in [0.5, 0.6) is 0 Å². The van der Waals surface area contributed by atoms with Gasteiger partial charge in [-0.15, -0.1) is 0 Å². The van der Waals surface area contributed by atoms with Crippen molar-refractivity contribution < 1.29 is 19.1 Å². The van der Waals surface area contributed by atoms with Crippen molar-refractivity contribution in [3.8, 4) is 0 Å². The second kappa shape index (κ2) is 4.76. The topological polar surface area (TPSA) is 67.9 Å². The number of nitrogens with zero attached hydrogens (tertiary/aromatic N) is 1. The SMILES string of the molecule is CC(C)(C)OC(=O)N1[C@@H]2COC[C@@H]1CNC(=O)C2. The molecule has 0 spiro atoms. The highest BCUT2D eigenvalue weighted by Gasteiger charge is 2.40. The van der Waals surface area contributed by atoms with Crippen molar-refractivity contribution in [1.82, 2.24) is 10.2 Å². The first-order valence-electron chi connectivity index (χ1n) is 6.22. The summed E-state index contributed by atoms with van der Waals surface area (Å²) in [6.07, 6.45) is -0.0901. The predicted molar refractivity (Wildman–Crippen MR) is 64.1 cm³/mol. The van der Waals surface area contributed by atoms with Crippen LogP contribution in [0, 0.1) is 0 Å². The van der Waals surface area contributed by atoms with Crippen LogP contribution < -0.4 is 5.32 Å². The highest BCUT2D eigenvalue weighted by Crippen LogP contribution is 2.22. The lowest BCUT2D eigenvalue weighted by atomic mass is 10.1. The van der Waals surface area contributed by atoms with Crippen LogP contribution in [0.4, 0.5) is 4.79 Å². The third kappa shape index (κ3) is 2.93. The Hall–Kier alpha value is -1.30. The summed E-state index contributed by atoms with van der Waals surface area (Å²) >= 11 is 0. The first-order valence-corrected chi connectivity index (χ1v) is 6.22. The molecule has 2 atom stereocenters. The fraction of sp³-hybridized carbons (Fsp3) is 0.833. The molecule has 0 aliphatic carbocycles. The van der Waals surface area contributed by atoms with E-state index in [1.807, 2.05) is 20.8 Å². The Bertz CT molecular complexity index is 350. The zero-order chi connectivity index (χ0) is 13.3. The predicted octanol–water partition coefficient (Wildman–Crippen LogP) is 0.511. The summed E-state index contributed by atoms with van der Waals surface area (Å²) in [5.41, 5.74) is -0.532. The normalized spacial score (nSPS) is 28.4. The van der Waals surface area contributed by atoms with E-state index < -0.39 is 5.60 Å². The average Bonchev–Trinajstić information content (AvgIpc) is 2.31. The second-order valence-electron chi connectivity index (χ2n) is 5.74. The van der Waals surface area contributed by atoms with Crippen molar-refractivity contribution in [1.29, 1.82) is 0 Å². The van der Waals surface area contributed by atoms with E-state index in [1.54, 1.807) is 4.90 Å². The van der Waals surface area contributed by atoms with Crippen molar-refractivity contribution >= 4 is 12.0 Å². The fourth-order valence-corrected chi connectivity index (χ4v) is 2.24. The number of carbonyl (C=O) groups excluding carboxylic acids is 2. The molecule has 2 saturated heterocycles. The van der Waals surface area contributed by atoms with E-state index in [2.05, 4.69) is 5.32 Å². The lowest BCUT2D eigenvalue weighted by Crippen LogP contribution is -2.56. The molecule has 0 aromatic rings. The van der Waals surface area contributed by atoms with Gasteiger partial charge in [-0.2, -0.15) is 0 Å². The lowest BCUT2D eigenvalue weighted by molar-refractivity contribution is -0.121. The minimum Gasteiger partial charge on any atom is -0.444 e. The van der Waals surface area contributed by atoms with Crippen molar-refractivity contribution in [2.75, 3.05) is 19.8 Å². The molecule has 0 aromatic carbocycles. The quantitative estimate of drug-likeness (QED) is 0.685. The number of ether oxygens (including phenoxy) is 2. The number of nitrogens with one attached hydrogen (secondary N) is 1. The van der Waals surface area contributed by atoms with Gasteiger partial charge >= 0.3 is 6.09 Å². The van der Waals surface area contributed by atoms with Crippen LogP contribution in [0.3, 0.4) is 0 Å². The molecule has 2 amide bonds. The van der Waals surface area contributed by atoms with Crippen LogP contribution in [-0.4, -0.2) is 54.3 Å². The van der Waals surface area contributed by atoms with Gasteiger partial charge in [0.25, 0.3) is 0 Å². The molecule has 0 saturated carbocycles. The number of rotatable bonds is 0. The average molecular weight is 256 g/mol. The Morgan fingerprint density at radius 1 is 1.39 bits per heavy atom. The zero-order valence-corrected chi connectivity index (χ0v) is 11.1. The summed E-state index contributed by atoms with van der Waals surface area (Å²) in [6.45, 7) is 6.75. The number of hydrogen-bond acceptors (Lipinski definition) is 4. The van der Waals surface area contributed by atoms with Gasteiger partial charge in [-0.25, -0.2) is 4.79 Å². The largest absolute Gasteiger partial charge is 0.444 e. The smallest absolute Gasteiger partial charge is 0.411 e. The minimum atomic E-state index is -0.532. The van der Waals surface area contributed by atoms with Crippen molar-refractivity contribution in [3.05, 3.63) is 0 Å². The Morgan fingerprint density at radius 2 is 2.06 bits per heavy atom. The van der Waals surface area contributed by atoms with Gasteiger partial charge in [0.05, 0.1) is 25.3 Å². The highest BCUT2D eigenvalue weighted by atomic mass is 16.6. The molecule has 6 nitrogen and oxygen atoms in total. The Balaban J connectivity index is 2.14. The number of fused-ring (bicyclic) bond motifs is 2. The maximum Gasteiger partial charge on any atom is 0.411 e. The van der Waals surface area contributed by atoms with Gasteiger partial charge in [0, 0.05) is 13.0 Å². The molecule has 0 unspecified atom stereocenters. The molecule has 2 heterocycles. The first kappa shape index (κ1) is 13.1. The maximum atomic E-state index is 12.2. The monoisotopic (exact) mass is 256 g/mol. The molecule has 102 valence electrons. The molecule has 0 aromatic heterocycles. The van der Waals surface area contributed by atoms with E-state index in [0.717, 1.165) is 0 Å². The maximum absolute atomic E-state index is 12.2. The molecule has 1 N–H and O–H groups in total. The highest BCUT2D eigenvalue weighted by molar-refractivity contribution is 5.79. The van der Waals surface area contributed by atoms with Gasteiger partial charge in [-0.05, 0) is 20.8 Å². The molecular formula is C12H20N2O4. The fourth-order valence-electron chi connectivity index (χ4n) is 2.24. The van der Waals surface area contributed by atoms with Crippen molar-refractivity contribution in [3.63, 3.8) is 0 Å². The molecule has 2 rings (SSSR count). The van der Waals surface area contributed by atoms with E-state index >= 15 is 0 Å². The van der Waals surface area contributed by atoms with E-state index in [9.17, 15) is 9.59 Å². The van der Waals surface area contributed by atoms with Crippen LogP contribution >= 0.6 is 0 Å². The summed E-state index contributed by atoms with van der Waals surface area (Å²) in [7, 11) is 0.